The number of alkyl halides is 4. The second kappa shape index (κ2) is 9.21. The summed E-state index contributed by atoms with van der Waals surface area (Å²) in [6.07, 6.45) is -5.09. The van der Waals surface area contributed by atoms with Gasteiger partial charge >= 0.3 is 6.18 Å². The average molecular weight is 518 g/mol. The molecule has 0 bridgehead atoms. The van der Waals surface area contributed by atoms with E-state index >= 15 is 4.39 Å². The molecule has 7 nitrogen and oxygen atoms in total. The van der Waals surface area contributed by atoms with Gasteiger partial charge < -0.3 is 19.9 Å². The number of rotatable bonds is 7. The third-order valence-electron chi connectivity index (χ3n) is 7.55. The Kier molecular flexibility index (Phi) is 6.31. The maximum atomic E-state index is 15.5. The van der Waals surface area contributed by atoms with Gasteiger partial charge in [-0.3, -0.25) is 15.6 Å². The minimum atomic E-state index is -4.61. The number of amides is 1. The molecular weight excluding hydrogens is 490 g/mol. The molecule has 0 saturated carbocycles. The van der Waals surface area contributed by atoms with Gasteiger partial charge in [0.25, 0.3) is 5.91 Å². The average Bonchev–Trinajstić information content (AvgIpc) is 3.15. The van der Waals surface area contributed by atoms with Crippen LogP contribution in [0.15, 0.2) is 36.4 Å². The summed E-state index contributed by atoms with van der Waals surface area (Å²) in [4.78, 5) is 15.7. The standard InChI is InChI=1S/C26H27F4N5O2/c1-34(14-31)23(32)22(27)25(12-37-13-25)17-3-2-4-18(8-17)35-11-20-19(24(35)36)6-15(5-16-9-33-10-16)7-21(20)26(28,29)30/h2-4,6-8,14,16,22,31-33H,5,9-13H2,1H3. The topological polar surface area (TPSA) is 92.5 Å². The van der Waals surface area contributed by atoms with Gasteiger partial charge in [0.1, 0.15) is 5.84 Å². The molecule has 196 valence electrons. The number of nitrogens with one attached hydrogen (secondary N) is 3. The van der Waals surface area contributed by atoms with Crippen LogP contribution in [0.2, 0.25) is 0 Å². The van der Waals surface area contributed by atoms with Crippen LogP contribution in [0.5, 0.6) is 0 Å². The van der Waals surface area contributed by atoms with Gasteiger partial charge in [0, 0.05) is 18.3 Å². The maximum Gasteiger partial charge on any atom is 0.416 e. The predicted molar refractivity (Wildman–Crippen MR) is 130 cm³/mol. The molecule has 0 aliphatic carbocycles. The number of carbonyl (C=O) groups excluding carboxylic acids is 1. The number of carbonyl (C=O) groups is 1. The van der Waals surface area contributed by atoms with Crippen LogP contribution in [0.1, 0.15) is 32.6 Å². The number of anilines is 1. The maximum absolute atomic E-state index is 15.5. The Morgan fingerprint density at radius 2 is 2.03 bits per heavy atom. The summed E-state index contributed by atoms with van der Waals surface area (Å²) in [5.41, 5.74) is -0.691. The smallest absolute Gasteiger partial charge is 0.379 e. The summed E-state index contributed by atoms with van der Waals surface area (Å²) in [7, 11) is 1.40. The summed E-state index contributed by atoms with van der Waals surface area (Å²) in [6, 6.07) is 9.21. The molecular formula is C26H27F4N5O2. The molecule has 1 amide bonds. The monoisotopic (exact) mass is 517 g/mol. The van der Waals surface area contributed by atoms with Gasteiger partial charge in [-0.05, 0) is 66.4 Å². The quantitative estimate of drug-likeness (QED) is 0.296. The molecule has 3 aliphatic heterocycles. The van der Waals surface area contributed by atoms with Crippen molar-refractivity contribution in [3.05, 3.63) is 64.2 Å². The van der Waals surface area contributed by atoms with Crippen molar-refractivity contribution < 1.29 is 27.1 Å². The molecule has 37 heavy (non-hydrogen) atoms. The highest BCUT2D eigenvalue weighted by Crippen LogP contribution is 2.43. The molecule has 2 aromatic rings. The number of benzene rings is 2. The van der Waals surface area contributed by atoms with Crippen LogP contribution in [-0.4, -0.2) is 62.5 Å². The molecule has 3 aliphatic rings. The summed E-state index contributed by atoms with van der Waals surface area (Å²) < 4.78 is 62.9. The van der Waals surface area contributed by atoms with Crippen molar-refractivity contribution in [2.75, 3.05) is 38.3 Å². The van der Waals surface area contributed by atoms with Crippen LogP contribution in [-0.2, 0) is 29.3 Å². The first-order valence-electron chi connectivity index (χ1n) is 11.9. The van der Waals surface area contributed by atoms with Gasteiger partial charge in [0.2, 0.25) is 0 Å². The molecule has 2 fully saturated rings. The third-order valence-corrected chi connectivity index (χ3v) is 7.55. The summed E-state index contributed by atoms with van der Waals surface area (Å²) in [6.45, 7) is 1.22. The molecule has 1 unspecified atom stereocenters. The molecule has 2 aromatic carbocycles. The van der Waals surface area contributed by atoms with Crippen molar-refractivity contribution in [3.8, 4) is 0 Å². The van der Waals surface area contributed by atoms with Crippen molar-refractivity contribution in [1.29, 1.82) is 10.8 Å². The Morgan fingerprint density at radius 3 is 2.59 bits per heavy atom. The van der Waals surface area contributed by atoms with Crippen molar-refractivity contribution in [1.82, 2.24) is 10.2 Å². The number of hydrogen-bond acceptors (Lipinski definition) is 5. The van der Waals surface area contributed by atoms with Gasteiger partial charge in [-0.25, -0.2) is 4.39 Å². The van der Waals surface area contributed by atoms with E-state index in [0.717, 1.165) is 30.4 Å². The van der Waals surface area contributed by atoms with Gasteiger partial charge in [-0.15, -0.1) is 0 Å². The Balaban J connectivity index is 1.48. The second-order valence-corrected chi connectivity index (χ2v) is 9.97. The van der Waals surface area contributed by atoms with Crippen LogP contribution in [0, 0.1) is 16.7 Å². The normalized spacial score (nSPS) is 19.6. The van der Waals surface area contributed by atoms with Crippen LogP contribution < -0.4 is 10.2 Å². The van der Waals surface area contributed by atoms with E-state index in [1.54, 1.807) is 30.3 Å². The number of hydrogen-bond donors (Lipinski definition) is 3. The molecule has 0 aromatic heterocycles. The fourth-order valence-corrected chi connectivity index (χ4v) is 5.15. The zero-order valence-corrected chi connectivity index (χ0v) is 20.2. The SMILES string of the molecule is CN(C=N)C(=N)C(F)C1(c2cccc(N3Cc4c(cc(CC5CNC5)cc4C(F)(F)F)C3=O)c2)COC1. The van der Waals surface area contributed by atoms with Gasteiger partial charge in [-0.1, -0.05) is 12.1 Å². The van der Waals surface area contributed by atoms with Crippen LogP contribution in [0.3, 0.4) is 0 Å². The van der Waals surface area contributed by atoms with E-state index in [1.165, 1.54) is 11.9 Å². The number of halogens is 4. The predicted octanol–water partition coefficient (Wildman–Crippen LogP) is 3.75. The Labute approximate surface area is 211 Å². The van der Waals surface area contributed by atoms with Crippen molar-refractivity contribution in [2.45, 2.75) is 30.7 Å². The lowest BCUT2D eigenvalue weighted by Crippen LogP contribution is -2.58. The summed E-state index contributed by atoms with van der Waals surface area (Å²) >= 11 is 0. The first kappa shape index (κ1) is 25.3. The number of fused-ring (bicyclic) bond motifs is 1. The zero-order chi connectivity index (χ0) is 26.5. The third kappa shape index (κ3) is 4.29. The summed E-state index contributed by atoms with van der Waals surface area (Å²) in [5, 5.41) is 18.5. The van der Waals surface area contributed by atoms with Crippen molar-refractivity contribution >= 4 is 23.8 Å². The minimum absolute atomic E-state index is 0.00236. The van der Waals surface area contributed by atoms with E-state index in [1.807, 2.05) is 0 Å². The summed E-state index contributed by atoms with van der Waals surface area (Å²) in [5.74, 6) is -0.695. The van der Waals surface area contributed by atoms with Crippen molar-refractivity contribution in [2.24, 2.45) is 5.92 Å². The zero-order valence-electron chi connectivity index (χ0n) is 20.2. The van der Waals surface area contributed by atoms with E-state index in [4.69, 9.17) is 15.6 Å². The highest BCUT2D eigenvalue weighted by molar-refractivity contribution is 6.10. The van der Waals surface area contributed by atoms with Crippen molar-refractivity contribution in [3.63, 3.8) is 0 Å². The molecule has 3 N–H and O–H groups in total. The molecule has 0 radical (unpaired) electrons. The fraction of sp³-hybridized carbons (Fsp3) is 0.423. The Bertz CT molecular complexity index is 1260. The Hall–Kier alpha value is -3.31. The lowest BCUT2D eigenvalue weighted by molar-refractivity contribution is -0.138. The number of ether oxygens (including phenoxy) is 1. The first-order valence-corrected chi connectivity index (χ1v) is 11.9. The molecule has 0 spiro atoms. The van der Waals surface area contributed by atoms with E-state index < -0.39 is 35.1 Å². The lowest BCUT2D eigenvalue weighted by Gasteiger charge is -2.45. The van der Waals surface area contributed by atoms with E-state index in [9.17, 15) is 18.0 Å². The van der Waals surface area contributed by atoms with Crippen LogP contribution in [0.25, 0.3) is 0 Å². The minimum Gasteiger partial charge on any atom is -0.379 e. The molecule has 2 saturated heterocycles. The van der Waals surface area contributed by atoms with Gasteiger partial charge in [-0.2, -0.15) is 13.2 Å². The molecule has 3 heterocycles. The van der Waals surface area contributed by atoms with E-state index in [0.29, 0.717) is 23.2 Å². The van der Waals surface area contributed by atoms with E-state index in [2.05, 4.69) is 5.32 Å². The number of nitrogens with zero attached hydrogens (tertiary/aromatic N) is 2. The Morgan fingerprint density at radius 1 is 1.30 bits per heavy atom. The largest absolute Gasteiger partial charge is 0.416 e. The van der Waals surface area contributed by atoms with E-state index in [-0.39, 0.29) is 36.8 Å². The molecule has 11 heteroatoms. The van der Waals surface area contributed by atoms with Crippen LogP contribution in [0.4, 0.5) is 23.2 Å². The molecule has 5 rings (SSSR count). The highest BCUT2D eigenvalue weighted by atomic mass is 19.4. The highest BCUT2D eigenvalue weighted by Gasteiger charge is 2.51. The first-order chi connectivity index (χ1) is 17.5. The lowest BCUT2D eigenvalue weighted by atomic mass is 9.73. The van der Waals surface area contributed by atoms with Gasteiger partial charge in [0.15, 0.2) is 6.17 Å². The fourth-order valence-electron chi connectivity index (χ4n) is 5.15. The van der Waals surface area contributed by atoms with Crippen LogP contribution >= 0.6 is 0 Å². The van der Waals surface area contributed by atoms with Gasteiger partial charge in [0.05, 0.1) is 37.1 Å². The number of amidine groups is 1. The second-order valence-electron chi connectivity index (χ2n) is 9.97. The molecule has 1 atom stereocenters.